The van der Waals surface area contributed by atoms with Gasteiger partial charge in [-0.1, -0.05) is 5.92 Å². The van der Waals surface area contributed by atoms with Crippen molar-refractivity contribution in [1.82, 2.24) is 9.55 Å². The first-order valence-corrected chi connectivity index (χ1v) is 6.48. The molecule has 22 heavy (non-hydrogen) atoms. The summed E-state index contributed by atoms with van der Waals surface area (Å²) in [7, 11) is 4.83. The molecule has 0 radical (unpaired) electrons. The zero-order valence-corrected chi connectivity index (χ0v) is 12.8. The summed E-state index contributed by atoms with van der Waals surface area (Å²) in [6, 6.07) is 3.42. The molecule has 0 atom stereocenters. The topological polar surface area (TPSA) is 62.6 Å². The number of esters is 1. The Bertz CT molecular complexity index is 753. The molecule has 2 aromatic rings. The van der Waals surface area contributed by atoms with E-state index in [0.717, 1.165) is 5.69 Å². The lowest BCUT2D eigenvalue weighted by Crippen LogP contribution is -2.05. The minimum atomic E-state index is -0.464. The number of aromatic nitrogens is 2. The van der Waals surface area contributed by atoms with E-state index in [1.165, 1.54) is 21.1 Å². The molecule has 0 saturated carbocycles. The van der Waals surface area contributed by atoms with Crippen molar-refractivity contribution in [3.8, 4) is 29.1 Å². The van der Waals surface area contributed by atoms with E-state index in [1.54, 1.807) is 29.2 Å². The lowest BCUT2D eigenvalue weighted by Gasteiger charge is -2.13. The fourth-order valence-corrected chi connectivity index (χ4v) is 1.86. The van der Waals surface area contributed by atoms with Gasteiger partial charge in [-0.3, -0.25) is 4.79 Å². The molecule has 0 aliphatic rings. The molecule has 0 aliphatic heterocycles. The van der Waals surface area contributed by atoms with Crippen molar-refractivity contribution in [2.24, 2.45) is 7.05 Å². The highest BCUT2D eigenvalue weighted by Gasteiger charge is 2.17. The molecule has 0 aliphatic carbocycles. The molecule has 1 heterocycles. The molecule has 0 spiro atoms. The quantitative estimate of drug-likeness (QED) is 0.491. The molecular formula is C16H16N2O4. The Labute approximate surface area is 128 Å². The fraction of sp³-hybridized carbons (Fsp3) is 0.250. The van der Waals surface area contributed by atoms with Crippen LogP contribution in [0.4, 0.5) is 0 Å². The van der Waals surface area contributed by atoms with Gasteiger partial charge in [0.05, 0.1) is 32.3 Å². The Kier molecular flexibility index (Phi) is 4.69. The van der Waals surface area contributed by atoms with Gasteiger partial charge in [0.1, 0.15) is 5.69 Å². The Morgan fingerprint density at radius 3 is 2.50 bits per heavy atom. The summed E-state index contributed by atoms with van der Waals surface area (Å²) in [5.74, 6) is 6.49. The Morgan fingerprint density at radius 1 is 1.18 bits per heavy atom. The Hall–Kier alpha value is -2.94. The zero-order chi connectivity index (χ0) is 16.1. The predicted molar refractivity (Wildman–Crippen MR) is 80.0 cm³/mol. The molecule has 6 nitrogen and oxygen atoms in total. The normalized spacial score (nSPS) is 9.64. The molecule has 0 N–H and O–H groups in total. The minimum absolute atomic E-state index is 0.217. The number of imidazole rings is 1. The molecule has 2 rings (SSSR count). The maximum Gasteiger partial charge on any atom is 0.308 e. The second-order valence-corrected chi connectivity index (χ2v) is 4.41. The van der Waals surface area contributed by atoms with Crippen LogP contribution < -0.4 is 14.2 Å². The smallest absolute Gasteiger partial charge is 0.308 e. The van der Waals surface area contributed by atoms with E-state index in [9.17, 15) is 4.79 Å². The Morgan fingerprint density at radius 2 is 1.95 bits per heavy atom. The van der Waals surface area contributed by atoms with E-state index in [0.29, 0.717) is 17.1 Å². The number of rotatable bonds is 3. The number of benzene rings is 1. The van der Waals surface area contributed by atoms with Crippen LogP contribution in [0.5, 0.6) is 17.2 Å². The largest absolute Gasteiger partial charge is 0.493 e. The van der Waals surface area contributed by atoms with Crippen LogP contribution in [0, 0.1) is 11.8 Å². The molecule has 6 heteroatoms. The summed E-state index contributed by atoms with van der Waals surface area (Å²) in [5, 5.41) is 0. The van der Waals surface area contributed by atoms with Crippen LogP contribution in [0.1, 0.15) is 18.2 Å². The van der Waals surface area contributed by atoms with Crippen LogP contribution >= 0.6 is 0 Å². The zero-order valence-electron chi connectivity index (χ0n) is 12.8. The van der Waals surface area contributed by atoms with E-state index < -0.39 is 5.97 Å². The van der Waals surface area contributed by atoms with Gasteiger partial charge in [-0.15, -0.1) is 0 Å². The average molecular weight is 300 g/mol. The highest BCUT2D eigenvalue weighted by Crippen LogP contribution is 2.39. The number of aryl methyl sites for hydroxylation is 1. The number of carbonyl (C=O) groups is 1. The summed E-state index contributed by atoms with van der Waals surface area (Å²) in [5.41, 5.74) is 1.34. The first-order valence-electron chi connectivity index (χ1n) is 6.48. The first kappa shape index (κ1) is 15.4. The predicted octanol–water partition coefficient (Wildman–Crippen LogP) is 1.76. The monoisotopic (exact) mass is 300 g/mol. The lowest BCUT2D eigenvalue weighted by atomic mass is 10.1. The van der Waals surface area contributed by atoms with Gasteiger partial charge < -0.3 is 18.8 Å². The first-order chi connectivity index (χ1) is 10.6. The van der Waals surface area contributed by atoms with Gasteiger partial charge in [-0.2, -0.15) is 0 Å². The third-order valence-electron chi connectivity index (χ3n) is 2.89. The minimum Gasteiger partial charge on any atom is -0.493 e. The van der Waals surface area contributed by atoms with Crippen molar-refractivity contribution in [1.29, 1.82) is 0 Å². The maximum atomic E-state index is 11.3. The summed E-state index contributed by atoms with van der Waals surface area (Å²) in [6.07, 6.45) is 3.33. The van der Waals surface area contributed by atoms with E-state index >= 15 is 0 Å². The van der Waals surface area contributed by atoms with Crippen LogP contribution in [0.3, 0.4) is 0 Å². The fourth-order valence-electron chi connectivity index (χ4n) is 1.86. The molecular weight excluding hydrogens is 284 g/mol. The second kappa shape index (κ2) is 6.68. The lowest BCUT2D eigenvalue weighted by molar-refractivity contribution is -0.132. The third-order valence-corrected chi connectivity index (χ3v) is 2.89. The number of methoxy groups -OCH3 is 2. The van der Waals surface area contributed by atoms with Crippen molar-refractivity contribution in [2.75, 3.05) is 14.2 Å². The van der Waals surface area contributed by atoms with Crippen LogP contribution in [0.2, 0.25) is 0 Å². The SMILES string of the molecule is COc1ccc(C#Cc2cncn2C)c(OC)c1OC(C)=O. The summed E-state index contributed by atoms with van der Waals surface area (Å²) in [4.78, 5) is 15.3. The molecule has 0 fully saturated rings. The summed E-state index contributed by atoms with van der Waals surface area (Å²) in [6.45, 7) is 1.31. The number of ether oxygens (including phenoxy) is 3. The van der Waals surface area contributed by atoms with Gasteiger partial charge in [-0.05, 0) is 18.1 Å². The van der Waals surface area contributed by atoms with Crippen molar-refractivity contribution in [3.63, 3.8) is 0 Å². The van der Waals surface area contributed by atoms with Crippen LogP contribution in [0.15, 0.2) is 24.7 Å². The molecule has 0 saturated heterocycles. The highest BCUT2D eigenvalue weighted by atomic mass is 16.6. The van der Waals surface area contributed by atoms with Gasteiger partial charge in [0.2, 0.25) is 5.75 Å². The number of hydrogen-bond donors (Lipinski definition) is 0. The molecule has 1 aromatic carbocycles. The van der Waals surface area contributed by atoms with E-state index in [-0.39, 0.29) is 5.75 Å². The maximum absolute atomic E-state index is 11.3. The van der Waals surface area contributed by atoms with Gasteiger partial charge in [0.15, 0.2) is 11.5 Å². The van der Waals surface area contributed by atoms with Crippen molar-refractivity contribution in [2.45, 2.75) is 6.92 Å². The second-order valence-electron chi connectivity index (χ2n) is 4.41. The standard InChI is InChI=1S/C16H16N2O4/c1-11(19)22-16-14(20-3)8-6-12(15(16)21-4)5-7-13-9-17-10-18(13)2/h6,8-10H,1-4H3. The molecule has 0 amide bonds. The van der Waals surface area contributed by atoms with Crippen LogP contribution in [0.25, 0.3) is 0 Å². The van der Waals surface area contributed by atoms with Gasteiger partial charge in [0, 0.05) is 14.0 Å². The van der Waals surface area contributed by atoms with Crippen molar-refractivity contribution >= 4 is 5.97 Å². The van der Waals surface area contributed by atoms with Gasteiger partial charge >= 0.3 is 5.97 Å². The van der Waals surface area contributed by atoms with Crippen LogP contribution in [-0.4, -0.2) is 29.7 Å². The number of hydrogen-bond acceptors (Lipinski definition) is 5. The van der Waals surface area contributed by atoms with Crippen molar-refractivity contribution in [3.05, 3.63) is 35.9 Å². The highest BCUT2D eigenvalue weighted by molar-refractivity contribution is 5.73. The molecule has 114 valence electrons. The molecule has 0 bridgehead atoms. The third kappa shape index (κ3) is 3.20. The van der Waals surface area contributed by atoms with E-state index in [2.05, 4.69) is 16.8 Å². The van der Waals surface area contributed by atoms with Gasteiger partial charge in [-0.25, -0.2) is 4.98 Å². The Balaban J connectivity index is 2.51. The summed E-state index contributed by atoms with van der Waals surface area (Å²) >= 11 is 0. The van der Waals surface area contributed by atoms with Gasteiger partial charge in [0.25, 0.3) is 0 Å². The van der Waals surface area contributed by atoms with Crippen LogP contribution in [-0.2, 0) is 11.8 Å². The molecule has 1 aromatic heterocycles. The number of carbonyl (C=O) groups excluding carboxylic acids is 1. The van der Waals surface area contributed by atoms with E-state index in [4.69, 9.17) is 14.2 Å². The summed E-state index contributed by atoms with van der Waals surface area (Å²) < 4.78 is 17.5. The number of nitrogens with zero attached hydrogens (tertiary/aromatic N) is 2. The van der Waals surface area contributed by atoms with E-state index in [1.807, 2.05) is 7.05 Å². The molecule has 0 unspecified atom stereocenters. The van der Waals surface area contributed by atoms with Crippen molar-refractivity contribution < 1.29 is 19.0 Å². The average Bonchev–Trinajstić information content (AvgIpc) is 2.90.